The van der Waals surface area contributed by atoms with Crippen LogP contribution in [0.4, 0.5) is 0 Å². The third-order valence-corrected chi connectivity index (χ3v) is 4.91. The Labute approximate surface area is 130 Å². The van der Waals surface area contributed by atoms with Gasteiger partial charge in [0.25, 0.3) is 0 Å². The Morgan fingerprint density at radius 3 is 2.45 bits per heavy atom. The zero-order chi connectivity index (χ0) is 13.9. The van der Waals surface area contributed by atoms with Crippen LogP contribution in [0.5, 0.6) is 0 Å². The molecule has 20 heavy (non-hydrogen) atoms. The molecule has 0 aromatic carbocycles. The largest absolute Gasteiger partial charge is 0.342 e. The topological polar surface area (TPSA) is 32.3 Å². The lowest BCUT2D eigenvalue weighted by molar-refractivity contribution is -0.136. The van der Waals surface area contributed by atoms with Crippen LogP contribution in [0.2, 0.25) is 0 Å². The second-order valence-electron chi connectivity index (χ2n) is 7.36. The van der Waals surface area contributed by atoms with Gasteiger partial charge in [-0.1, -0.05) is 20.8 Å². The van der Waals surface area contributed by atoms with Crippen LogP contribution in [-0.4, -0.2) is 37.0 Å². The van der Waals surface area contributed by atoms with E-state index in [9.17, 15) is 4.79 Å². The quantitative estimate of drug-likeness (QED) is 0.807. The van der Waals surface area contributed by atoms with Crippen molar-refractivity contribution >= 4 is 18.3 Å². The monoisotopic (exact) mass is 302 g/mol. The van der Waals surface area contributed by atoms with Crippen molar-refractivity contribution in [3.05, 3.63) is 0 Å². The fourth-order valence-corrected chi connectivity index (χ4v) is 3.50. The molecule has 0 radical (unpaired) electrons. The van der Waals surface area contributed by atoms with E-state index in [1.807, 2.05) is 0 Å². The van der Waals surface area contributed by atoms with E-state index in [1.165, 1.54) is 19.3 Å². The number of hydrogen-bond donors (Lipinski definition) is 1. The minimum atomic E-state index is 0. The molecule has 2 rings (SSSR count). The first kappa shape index (κ1) is 17.8. The van der Waals surface area contributed by atoms with Crippen LogP contribution in [0.25, 0.3) is 0 Å². The average Bonchev–Trinajstić information content (AvgIpc) is 2.64. The molecular formula is C16H31ClN2O. The molecule has 1 unspecified atom stereocenters. The molecule has 0 spiro atoms. The second-order valence-corrected chi connectivity index (χ2v) is 7.36. The van der Waals surface area contributed by atoms with E-state index in [-0.39, 0.29) is 18.3 Å². The molecule has 3 nitrogen and oxygen atoms in total. The smallest absolute Gasteiger partial charge is 0.226 e. The van der Waals surface area contributed by atoms with E-state index in [0.717, 1.165) is 44.9 Å². The highest BCUT2D eigenvalue weighted by Crippen LogP contribution is 2.34. The van der Waals surface area contributed by atoms with Gasteiger partial charge in [0.15, 0.2) is 0 Å². The van der Waals surface area contributed by atoms with Crippen molar-refractivity contribution in [3.8, 4) is 0 Å². The lowest BCUT2D eigenvalue weighted by Gasteiger charge is -2.31. The van der Waals surface area contributed by atoms with Crippen LogP contribution in [0, 0.1) is 17.3 Å². The molecule has 0 aromatic rings. The maximum atomic E-state index is 12.5. The summed E-state index contributed by atoms with van der Waals surface area (Å²) in [5, 5.41) is 3.36. The van der Waals surface area contributed by atoms with Crippen LogP contribution in [-0.2, 0) is 4.79 Å². The van der Waals surface area contributed by atoms with Gasteiger partial charge in [-0.05, 0) is 50.0 Å². The SMILES string of the molecule is CC(C)(C)C1CCCN(C(=O)[C@@H]2CCCNC2)CC1.Cl. The summed E-state index contributed by atoms with van der Waals surface area (Å²) in [6.45, 7) is 10.9. The maximum Gasteiger partial charge on any atom is 0.226 e. The number of nitrogens with one attached hydrogen (secondary N) is 1. The average molecular weight is 303 g/mol. The molecule has 2 heterocycles. The summed E-state index contributed by atoms with van der Waals surface area (Å²) in [6.07, 6.45) is 5.85. The van der Waals surface area contributed by atoms with Gasteiger partial charge in [-0.3, -0.25) is 4.79 Å². The number of likely N-dealkylation sites (tertiary alicyclic amines) is 1. The molecule has 2 saturated heterocycles. The Morgan fingerprint density at radius 2 is 1.85 bits per heavy atom. The number of rotatable bonds is 1. The molecule has 2 atom stereocenters. The molecule has 0 bridgehead atoms. The first-order chi connectivity index (χ1) is 8.98. The van der Waals surface area contributed by atoms with Gasteiger partial charge in [-0.15, -0.1) is 12.4 Å². The number of piperidine rings is 1. The highest BCUT2D eigenvalue weighted by atomic mass is 35.5. The second kappa shape index (κ2) is 7.65. The summed E-state index contributed by atoms with van der Waals surface area (Å²) in [4.78, 5) is 14.7. The van der Waals surface area contributed by atoms with E-state index in [4.69, 9.17) is 0 Å². The highest BCUT2D eigenvalue weighted by molar-refractivity contribution is 5.85. The van der Waals surface area contributed by atoms with Crippen LogP contribution < -0.4 is 5.32 Å². The number of amides is 1. The summed E-state index contributed by atoms with van der Waals surface area (Å²) in [5.74, 6) is 1.40. The van der Waals surface area contributed by atoms with E-state index >= 15 is 0 Å². The van der Waals surface area contributed by atoms with Crippen molar-refractivity contribution in [2.75, 3.05) is 26.2 Å². The normalized spacial score (nSPS) is 28.4. The zero-order valence-electron chi connectivity index (χ0n) is 13.3. The predicted molar refractivity (Wildman–Crippen MR) is 86.2 cm³/mol. The molecular weight excluding hydrogens is 272 g/mol. The molecule has 2 aliphatic rings. The molecule has 0 aromatic heterocycles. The zero-order valence-corrected chi connectivity index (χ0v) is 14.1. The third kappa shape index (κ3) is 4.63. The van der Waals surface area contributed by atoms with Crippen molar-refractivity contribution in [1.29, 1.82) is 0 Å². The van der Waals surface area contributed by atoms with E-state index in [0.29, 0.717) is 11.3 Å². The van der Waals surface area contributed by atoms with E-state index < -0.39 is 0 Å². The Kier molecular flexibility index (Phi) is 6.80. The van der Waals surface area contributed by atoms with Gasteiger partial charge in [0.1, 0.15) is 0 Å². The van der Waals surface area contributed by atoms with E-state index in [2.05, 4.69) is 31.0 Å². The molecule has 0 saturated carbocycles. The van der Waals surface area contributed by atoms with Gasteiger partial charge in [-0.2, -0.15) is 0 Å². The first-order valence-electron chi connectivity index (χ1n) is 7.98. The minimum Gasteiger partial charge on any atom is -0.342 e. The fraction of sp³-hybridized carbons (Fsp3) is 0.938. The molecule has 118 valence electrons. The van der Waals surface area contributed by atoms with Gasteiger partial charge < -0.3 is 10.2 Å². The van der Waals surface area contributed by atoms with Crippen molar-refractivity contribution in [3.63, 3.8) is 0 Å². The van der Waals surface area contributed by atoms with Crippen molar-refractivity contribution in [2.24, 2.45) is 17.3 Å². The third-order valence-electron chi connectivity index (χ3n) is 4.91. The number of carbonyl (C=O) groups is 1. The molecule has 1 N–H and O–H groups in total. The Bertz CT molecular complexity index is 308. The van der Waals surface area contributed by atoms with Crippen molar-refractivity contribution in [1.82, 2.24) is 10.2 Å². The Morgan fingerprint density at radius 1 is 1.10 bits per heavy atom. The number of carbonyl (C=O) groups excluding carboxylic acids is 1. The van der Waals surface area contributed by atoms with Crippen LogP contribution in [0.3, 0.4) is 0 Å². The summed E-state index contributed by atoms with van der Waals surface area (Å²) < 4.78 is 0. The van der Waals surface area contributed by atoms with Crippen molar-refractivity contribution in [2.45, 2.75) is 52.9 Å². The number of nitrogens with zero attached hydrogens (tertiary/aromatic N) is 1. The number of hydrogen-bond acceptors (Lipinski definition) is 2. The number of halogens is 1. The molecule has 4 heteroatoms. The fourth-order valence-electron chi connectivity index (χ4n) is 3.50. The van der Waals surface area contributed by atoms with Crippen molar-refractivity contribution < 1.29 is 4.79 Å². The molecule has 1 amide bonds. The molecule has 2 fully saturated rings. The van der Waals surface area contributed by atoms with Crippen LogP contribution in [0.15, 0.2) is 0 Å². The predicted octanol–water partition coefficient (Wildman–Crippen LogP) is 3.08. The van der Waals surface area contributed by atoms with E-state index in [1.54, 1.807) is 0 Å². The maximum absolute atomic E-state index is 12.5. The van der Waals surface area contributed by atoms with Crippen LogP contribution in [0.1, 0.15) is 52.9 Å². The first-order valence-corrected chi connectivity index (χ1v) is 7.98. The lowest BCUT2D eigenvalue weighted by Crippen LogP contribution is -2.43. The summed E-state index contributed by atoms with van der Waals surface area (Å²) >= 11 is 0. The van der Waals surface area contributed by atoms with Gasteiger partial charge in [-0.25, -0.2) is 0 Å². The summed E-state index contributed by atoms with van der Waals surface area (Å²) in [5.41, 5.74) is 0.380. The molecule has 2 aliphatic heterocycles. The standard InChI is InChI=1S/C16H30N2O.ClH/c1-16(2,3)14-7-5-10-18(11-8-14)15(19)13-6-4-9-17-12-13;/h13-14,17H,4-12H2,1-3H3;1H/t13-,14?;/m1./s1. The van der Waals surface area contributed by atoms with Crippen LogP contribution >= 0.6 is 12.4 Å². The lowest BCUT2D eigenvalue weighted by atomic mass is 9.77. The van der Waals surface area contributed by atoms with Gasteiger partial charge in [0, 0.05) is 19.6 Å². The highest BCUT2D eigenvalue weighted by Gasteiger charge is 2.31. The summed E-state index contributed by atoms with van der Waals surface area (Å²) in [6, 6.07) is 0. The molecule has 0 aliphatic carbocycles. The Hall–Kier alpha value is -0.280. The van der Waals surface area contributed by atoms with Gasteiger partial charge in [0.05, 0.1) is 5.92 Å². The van der Waals surface area contributed by atoms with Gasteiger partial charge >= 0.3 is 0 Å². The van der Waals surface area contributed by atoms with Gasteiger partial charge in [0.2, 0.25) is 5.91 Å². The Balaban J connectivity index is 0.00000200. The minimum absolute atomic E-state index is 0. The summed E-state index contributed by atoms with van der Waals surface area (Å²) in [7, 11) is 0.